The average molecular weight is 333 g/mol. The molecule has 2 heteroatoms. The van der Waals surface area contributed by atoms with Gasteiger partial charge in [-0.05, 0) is 68.2 Å². The van der Waals surface area contributed by atoms with E-state index in [1.165, 1.54) is 18.9 Å². The van der Waals surface area contributed by atoms with Gasteiger partial charge in [-0.1, -0.05) is 57.7 Å². The van der Waals surface area contributed by atoms with Crippen molar-refractivity contribution in [1.29, 1.82) is 0 Å². The number of hydrogen-bond donors (Lipinski definition) is 0. The lowest BCUT2D eigenvalue weighted by atomic mass is 9.68. The molecule has 1 unspecified atom stereocenters. The molecule has 0 aliphatic rings. The Kier molecular flexibility index (Phi) is 7.86. The van der Waals surface area contributed by atoms with E-state index in [4.69, 9.17) is 0 Å². The Morgan fingerprint density at radius 1 is 1.25 bits per heavy atom. The van der Waals surface area contributed by atoms with Crippen molar-refractivity contribution in [2.45, 2.75) is 73.6 Å². The molecule has 1 aromatic rings. The predicted octanol–water partition coefficient (Wildman–Crippen LogP) is 6.43. The second-order valence-corrected chi connectivity index (χ2v) is 7.74. The van der Waals surface area contributed by atoms with E-state index in [1.807, 2.05) is 13.0 Å². The zero-order valence-corrected chi connectivity index (χ0v) is 16.2. The lowest BCUT2D eigenvalue weighted by Crippen LogP contribution is -2.28. The van der Waals surface area contributed by atoms with Crippen LogP contribution in [0.1, 0.15) is 71.4 Å². The van der Waals surface area contributed by atoms with Gasteiger partial charge in [-0.25, -0.2) is 4.39 Å². The maximum absolute atomic E-state index is 13.9. The van der Waals surface area contributed by atoms with Gasteiger partial charge in [0.2, 0.25) is 0 Å². The van der Waals surface area contributed by atoms with E-state index >= 15 is 0 Å². The van der Waals surface area contributed by atoms with Crippen LogP contribution in [0.15, 0.2) is 29.8 Å². The Morgan fingerprint density at radius 3 is 2.50 bits per heavy atom. The molecule has 1 rings (SSSR count). The summed E-state index contributed by atoms with van der Waals surface area (Å²) in [5.74, 6) is 0.295. The standard InChI is InChI=1S/C22H33FO/c1-7-8-9-12-20(16(2)14-17(3)24)22(5,6)15-19-11-10-13-21(23)18(19)4/h10-11,13-14,20H,7-9,12,15H2,1-6H3/b16-14+. The molecule has 1 aromatic carbocycles. The van der Waals surface area contributed by atoms with Crippen molar-refractivity contribution in [2.24, 2.45) is 11.3 Å². The first-order valence-corrected chi connectivity index (χ1v) is 9.11. The predicted molar refractivity (Wildman–Crippen MR) is 101 cm³/mol. The smallest absolute Gasteiger partial charge is 0.152 e. The van der Waals surface area contributed by atoms with Gasteiger partial charge >= 0.3 is 0 Å². The number of unbranched alkanes of at least 4 members (excludes halogenated alkanes) is 2. The lowest BCUT2D eigenvalue weighted by molar-refractivity contribution is -0.112. The van der Waals surface area contributed by atoms with E-state index < -0.39 is 0 Å². The zero-order chi connectivity index (χ0) is 18.3. The Hall–Kier alpha value is -1.44. The minimum atomic E-state index is -0.137. The van der Waals surface area contributed by atoms with E-state index in [-0.39, 0.29) is 17.0 Å². The molecule has 0 fully saturated rings. The van der Waals surface area contributed by atoms with Crippen LogP contribution in [0.4, 0.5) is 4.39 Å². The third-order valence-electron chi connectivity index (χ3n) is 5.05. The van der Waals surface area contributed by atoms with E-state index in [0.717, 1.165) is 36.0 Å². The summed E-state index contributed by atoms with van der Waals surface area (Å²) >= 11 is 0. The molecule has 1 nitrogen and oxygen atoms in total. The quantitative estimate of drug-likeness (QED) is 0.376. The average Bonchev–Trinajstić information content (AvgIpc) is 2.47. The highest BCUT2D eigenvalue weighted by molar-refractivity contribution is 5.87. The van der Waals surface area contributed by atoms with Crippen LogP contribution >= 0.6 is 0 Å². The summed E-state index contributed by atoms with van der Waals surface area (Å²) in [5, 5.41) is 0. The highest BCUT2D eigenvalue weighted by Crippen LogP contribution is 2.40. The van der Waals surface area contributed by atoms with E-state index in [1.54, 1.807) is 19.1 Å². The topological polar surface area (TPSA) is 17.1 Å². The summed E-state index contributed by atoms with van der Waals surface area (Å²) < 4.78 is 13.9. The number of carbonyl (C=O) groups is 1. The molecule has 0 amide bonds. The molecule has 0 N–H and O–H groups in total. The molecule has 24 heavy (non-hydrogen) atoms. The summed E-state index contributed by atoms with van der Waals surface area (Å²) in [6.07, 6.45) is 7.22. The van der Waals surface area contributed by atoms with Crippen molar-refractivity contribution in [3.05, 3.63) is 46.8 Å². The van der Waals surface area contributed by atoms with Crippen LogP contribution in [-0.4, -0.2) is 5.78 Å². The van der Waals surface area contributed by atoms with Gasteiger partial charge in [0.05, 0.1) is 0 Å². The van der Waals surface area contributed by atoms with Crippen LogP contribution in [0, 0.1) is 24.1 Å². The monoisotopic (exact) mass is 332 g/mol. The largest absolute Gasteiger partial charge is 0.295 e. The van der Waals surface area contributed by atoms with Crippen molar-refractivity contribution >= 4 is 5.78 Å². The minimum Gasteiger partial charge on any atom is -0.295 e. The molecular weight excluding hydrogens is 299 g/mol. The van der Waals surface area contributed by atoms with Crippen molar-refractivity contribution in [3.8, 4) is 0 Å². The van der Waals surface area contributed by atoms with Gasteiger partial charge in [0.15, 0.2) is 5.78 Å². The summed E-state index contributed by atoms with van der Waals surface area (Å²) in [5.41, 5.74) is 2.93. The number of hydrogen-bond acceptors (Lipinski definition) is 1. The Morgan fingerprint density at radius 2 is 1.92 bits per heavy atom. The van der Waals surface area contributed by atoms with Crippen molar-refractivity contribution in [3.63, 3.8) is 0 Å². The first kappa shape index (κ1) is 20.6. The second kappa shape index (κ2) is 9.15. The molecule has 0 aliphatic heterocycles. The van der Waals surface area contributed by atoms with E-state index in [0.29, 0.717) is 5.92 Å². The van der Waals surface area contributed by atoms with Gasteiger partial charge < -0.3 is 0 Å². The number of rotatable bonds is 9. The van der Waals surface area contributed by atoms with Gasteiger partial charge in [0.1, 0.15) is 5.82 Å². The second-order valence-electron chi connectivity index (χ2n) is 7.74. The summed E-state index contributed by atoms with van der Waals surface area (Å²) in [4.78, 5) is 11.5. The van der Waals surface area contributed by atoms with Crippen LogP contribution in [0.5, 0.6) is 0 Å². The number of carbonyl (C=O) groups excluding carboxylic acids is 1. The molecule has 0 radical (unpaired) electrons. The summed E-state index contributed by atoms with van der Waals surface area (Å²) in [7, 11) is 0. The normalized spacial score (nSPS) is 13.9. The molecule has 0 saturated carbocycles. The Bertz CT molecular complexity index is 584. The molecule has 1 atom stereocenters. The Balaban J connectivity index is 3.08. The van der Waals surface area contributed by atoms with Crippen LogP contribution in [0.25, 0.3) is 0 Å². The van der Waals surface area contributed by atoms with Crippen LogP contribution in [0.3, 0.4) is 0 Å². The summed E-state index contributed by atoms with van der Waals surface area (Å²) in [6.45, 7) is 12.2. The Labute approximate surface area is 147 Å². The minimum absolute atomic E-state index is 0.0255. The molecular formula is C22H33FO. The van der Waals surface area contributed by atoms with Crippen molar-refractivity contribution in [2.75, 3.05) is 0 Å². The highest BCUT2D eigenvalue weighted by Gasteiger charge is 2.31. The van der Waals surface area contributed by atoms with Crippen molar-refractivity contribution in [1.82, 2.24) is 0 Å². The van der Waals surface area contributed by atoms with Gasteiger partial charge in [0, 0.05) is 0 Å². The molecule has 134 valence electrons. The fraction of sp³-hybridized carbons (Fsp3) is 0.591. The van der Waals surface area contributed by atoms with Crippen molar-refractivity contribution < 1.29 is 9.18 Å². The van der Waals surface area contributed by atoms with Gasteiger partial charge in [-0.2, -0.15) is 0 Å². The van der Waals surface area contributed by atoms with Gasteiger partial charge in [-0.3, -0.25) is 4.79 Å². The first-order chi connectivity index (χ1) is 11.2. The highest BCUT2D eigenvalue weighted by atomic mass is 19.1. The number of ketones is 1. The van der Waals surface area contributed by atoms with Crippen LogP contribution < -0.4 is 0 Å². The molecule has 0 saturated heterocycles. The van der Waals surface area contributed by atoms with Crippen LogP contribution in [-0.2, 0) is 11.2 Å². The third-order valence-corrected chi connectivity index (χ3v) is 5.05. The number of allylic oxidation sites excluding steroid dienone is 2. The molecule has 0 aromatic heterocycles. The maximum Gasteiger partial charge on any atom is 0.152 e. The van der Waals surface area contributed by atoms with E-state index in [9.17, 15) is 9.18 Å². The maximum atomic E-state index is 13.9. The fourth-order valence-corrected chi connectivity index (χ4v) is 3.71. The van der Waals surface area contributed by atoms with Gasteiger partial charge in [-0.15, -0.1) is 0 Å². The molecule has 0 aliphatic carbocycles. The number of halogens is 1. The third kappa shape index (κ3) is 5.89. The van der Waals surface area contributed by atoms with E-state index in [2.05, 4.69) is 27.7 Å². The molecule has 0 spiro atoms. The fourth-order valence-electron chi connectivity index (χ4n) is 3.71. The van der Waals surface area contributed by atoms with Gasteiger partial charge in [0.25, 0.3) is 0 Å². The SMILES string of the molecule is CCCCCC(/C(C)=C/C(C)=O)C(C)(C)Cc1cccc(F)c1C. The molecule has 0 heterocycles. The zero-order valence-electron chi connectivity index (χ0n) is 16.2. The first-order valence-electron chi connectivity index (χ1n) is 9.11. The van der Waals surface area contributed by atoms with Crippen LogP contribution in [0.2, 0.25) is 0 Å². The summed E-state index contributed by atoms with van der Waals surface area (Å²) in [6, 6.07) is 5.33. The molecule has 0 bridgehead atoms. The lowest BCUT2D eigenvalue weighted by Gasteiger charge is -2.36. The number of benzene rings is 1.